The summed E-state index contributed by atoms with van der Waals surface area (Å²) in [5.41, 5.74) is 8.88. The third-order valence-corrected chi connectivity index (χ3v) is 4.56. The van der Waals surface area contributed by atoms with Crippen LogP contribution in [-0.2, 0) is 0 Å². The second kappa shape index (κ2) is 5.84. The van der Waals surface area contributed by atoms with Crippen molar-refractivity contribution >= 4 is 5.69 Å². The molecule has 3 rings (SSSR count). The lowest BCUT2D eigenvalue weighted by Gasteiger charge is -2.31. The van der Waals surface area contributed by atoms with Crippen LogP contribution in [0, 0.1) is 12.8 Å². The van der Waals surface area contributed by atoms with Gasteiger partial charge in [-0.2, -0.15) is 0 Å². The molecular weight excluding hydrogens is 262 g/mol. The monoisotopic (exact) mass is 285 g/mol. The van der Waals surface area contributed by atoms with E-state index < -0.39 is 0 Å². The Morgan fingerprint density at radius 2 is 2.05 bits per heavy atom. The fraction of sp³-hybridized carbons (Fsp3) is 0.562. The number of nitrogens with two attached hydrogens (primary N) is 1. The Balaban J connectivity index is 2.00. The first kappa shape index (κ1) is 14.0. The van der Waals surface area contributed by atoms with Crippen molar-refractivity contribution in [3.8, 4) is 11.4 Å². The van der Waals surface area contributed by atoms with Gasteiger partial charge in [0.05, 0.1) is 6.04 Å². The van der Waals surface area contributed by atoms with Crippen molar-refractivity contribution in [1.82, 2.24) is 20.2 Å². The van der Waals surface area contributed by atoms with Gasteiger partial charge in [-0.25, -0.2) is 4.68 Å². The number of aromatic nitrogens is 4. The van der Waals surface area contributed by atoms with Gasteiger partial charge < -0.3 is 5.73 Å². The zero-order valence-corrected chi connectivity index (χ0v) is 12.8. The van der Waals surface area contributed by atoms with Crippen LogP contribution in [0.5, 0.6) is 0 Å². The molecule has 1 fully saturated rings. The molecule has 0 aliphatic heterocycles. The fourth-order valence-electron chi connectivity index (χ4n) is 3.54. The molecule has 2 atom stereocenters. The molecule has 1 heterocycles. The first-order valence-electron chi connectivity index (χ1n) is 7.84. The highest BCUT2D eigenvalue weighted by Crippen LogP contribution is 2.37. The van der Waals surface area contributed by atoms with E-state index in [0.29, 0.717) is 12.0 Å². The predicted octanol–water partition coefficient (Wildman–Crippen LogP) is 3.37. The van der Waals surface area contributed by atoms with Crippen molar-refractivity contribution in [2.24, 2.45) is 5.92 Å². The second-order valence-electron chi connectivity index (χ2n) is 6.10. The van der Waals surface area contributed by atoms with E-state index in [-0.39, 0.29) is 0 Å². The molecule has 1 saturated carbocycles. The van der Waals surface area contributed by atoms with Gasteiger partial charge in [0.2, 0.25) is 0 Å². The number of tetrazole rings is 1. The molecule has 2 aromatic rings. The molecule has 0 bridgehead atoms. The van der Waals surface area contributed by atoms with Crippen molar-refractivity contribution in [3.63, 3.8) is 0 Å². The Bertz CT molecular complexity index is 599. The molecule has 21 heavy (non-hydrogen) atoms. The summed E-state index contributed by atoms with van der Waals surface area (Å²) in [6, 6.07) is 6.43. The summed E-state index contributed by atoms with van der Waals surface area (Å²) < 4.78 is 2.03. The maximum atomic E-state index is 5.97. The second-order valence-corrected chi connectivity index (χ2v) is 6.10. The quantitative estimate of drug-likeness (QED) is 0.878. The molecule has 1 aromatic carbocycles. The number of rotatable bonds is 3. The zero-order valence-electron chi connectivity index (χ0n) is 12.8. The summed E-state index contributed by atoms with van der Waals surface area (Å²) in [5.74, 6) is 1.51. The van der Waals surface area contributed by atoms with Gasteiger partial charge in [0, 0.05) is 11.3 Å². The largest absolute Gasteiger partial charge is 0.399 e. The number of anilines is 1. The van der Waals surface area contributed by atoms with Crippen molar-refractivity contribution in [2.45, 2.75) is 52.0 Å². The Labute approximate surface area is 125 Å². The summed E-state index contributed by atoms with van der Waals surface area (Å²) in [7, 11) is 0. The summed E-state index contributed by atoms with van der Waals surface area (Å²) >= 11 is 0. The van der Waals surface area contributed by atoms with Gasteiger partial charge in [0.15, 0.2) is 5.82 Å². The molecule has 1 aromatic heterocycles. The van der Waals surface area contributed by atoms with Crippen LogP contribution in [0.25, 0.3) is 11.4 Å². The predicted molar refractivity (Wildman–Crippen MR) is 83.7 cm³/mol. The first-order valence-corrected chi connectivity index (χ1v) is 7.84. The van der Waals surface area contributed by atoms with E-state index in [4.69, 9.17) is 5.73 Å². The van der Waals surface area contributed by atoms with Gasteiger partial charge in [-0.3, -0.25) is 0 Å². The van der Waals surface area contributed by atoms with E-state index in [1.807, 2.05) is 23.7 Å². The maximum absolute atomic E-state index is 5.97. The van der Waals surface area contributed by atoms with Crippen molar-refractivity contribution in [1.29, 1.82) is 0 Å². The smallest absolute Gasteiger partial charge is 0.182 e. The van der Waals surface area contributed by atoms with E-state index in [0.717, 1.165) is 29.1 Å². The van der Waals surface area contributed by atoms with E-state index in [2.05, 4.69) is 28.5 Å². The third kappa shape index (κ3) is 2.77. The van der Waals surface area contributed by atoms with Gasteiger partial charge in [-0.15, -0.1) is 5.10 Å². The first-order chi connectivity index (χ1) is 10.2. The molecule has 2 N–H and O–H groups in total. The summed E-state index contributed by atoms with van der Waals surface area (Å²) in [5, 5.41) is 12.5. The number of hydrogen-bond acceptors (Lipinski definition) is 4. The van der Waals surface area contributed by atoms with E-state index in [1.165, 1.54) is 25.7 Å². The van der Waals surface area contributed by atoms with Crippen LogP contribution in [0.15, 0.2) is 18.2 Å². The van der Waals surface area contributed by atoms with Gasteiger partial charge >= 0.3 is 0 Å². The Morgan fingerprint density at radius 3 is 2.81 bits per heavy atom. The lowest BCUT2D eigenvalue weighted by Crippen LogP contribution is -2.24. The SMILES string of the molecule is CCC1CCCCC1n1nnnc1-c1cc(C)cc(N)c1. The van der Waals surface area contributed by atoms with Crippen molar-refractivity contribution < 1.29 is 0 Å². The van der Waals surface area contributed by atoms with Crippen molar-refractivity contribution in [2.75, 3.05) is 5.73 Å². The normalized spacial score (nSPS) is 22.4. The summed E-state index contributed by atoms with van der Waals surface area (Å²) in [6.07, 6.45) is 6.20. The van der Waals surface area contributed by atoms with Crippen molar-refractivity contribution in [3.05, 3.63) is 23.8 Å². The van der Waals surface area contributed by atoms with Crippen LogP contribution < -0.4 is 5.73 Å². The molecule has 2 unspecified atom stereocenters. The summed E-state index contributed by atoms with van der Waals surface area (Å²) in [4.78, 5) is 0. The minimum absolute atomic E-state index is 0.412. The average molecular weight is 285 g/mol. The Morgan fingerprint density at radius 1 is 1.24 bits per heavy atom. The molecule has 112 valence electrons. The third-order valence-electron chi connectivity index (χ3n) is 4.56. The minimum Gasteiger partial charge on any atom is -0.399 e. The van der Waals surface area contributed by atoms with Crippen LogP contribution in [0.4, 0.5) is 5.69 Å². The highest BCUT2D eigenvalue weighted by atomic mass is 15.5. The number of nitrogen functional groups attached to an aromatic ring is 1. The van der Waals surface area contributed by atoms with E-state index in [1.54, 1.807) is 0 Å². The summed E-state index contributed by atoms with van der Waals surface area (Å²) in [6.45, 7) is 4.31. The Kier molecular flexibility index (Phi) is 3.90. The molecule has 0 spiro atoms. The highest BCUT2D eigenvalue weighted by molar-refractivity contribution is 5.62. The molecule has 1 aliphatic carbocycles. The van der Waals surface area contributed by atoms with Gasteiger partial charge in [0.1, 0.15) is 0 Å². The standard InChI is InChI=1S/C16H23N5/c1-3-12-6-4-5-7-15(12)21-16(18-19-20-21)13-8-11(2)9-14(17)10-13/h8-10,12,15H,3-7,17H2,1-2H3. The lowest BCUT2D eigenvalue weighted by atomic mass is 9.83. The topological polar surface area (TPSA) is 69.6 Å². The molecule has 1 aliphatic rings. The van der Waals surface area contributed by atoms with Gasteiger partial charge in [-0.1, -0.05) is 26.2 Å². The molecular formula is C16H23N5. The molecule has 5 heteroatoms. The van der Waals surface area contributed by atoms with E-state index >= 15 is 0 Å². The van der Waals surface area contributed by atoms with Crippen LogP contribution in [0.2, 0.25) is 0 Å². The maximum Gasteiger partial charge on any atom is 0.182 e. The van der Waals surface area contributed by atoms with Crippen LogP contribution >= 0.6 is 0 Å². The zero-order chi connectivity index (χ0) is 14.8. The average Bonchev–Trinajstić information content (AvgIpc) is 2.95. The molecule has 0 amide bonds. The van der Waals surface area contributed by atoms with Gasteiger partial charge in [-0.05, 0) is 59.9 Å². The number of aryl methyl sites for hydroxylation is 1. The van der Waals surface area contributed by atoms with Crippen LogP contribution in [0.3, 0.4) is 0 Å². The highest BCUT2D eigenvalue weighted by Gasteiger charge is 2.28. The fourth-order valence-corrected chi connectivity index (χ4v) is 3.54. The van der Waals surface area contributed by atoms with Crippen LogP contribution in [0.1, 0.15) is 50.6 Å². The number of benzene rings is 1. The molecule has 5 nitrogen and oxygen atoms in total. The number of nitrogens with zero attached hydrogens (tertiary/aromatic N) is 4. The van der Waals surface area contributed by atoms with Crippen LogP contribution in [-0.4, -0.2) is 20.2 Å². The number of hydrogen-bond donors (Lipinski definition) is 1. The van der Waals surface area contributed by atoms with E-state index in [9.17, 15) is 0 Å². The van der Waals surface area contributed by atoms with Gasteiger partial charge in [0.25, 0.3) is 0 Å². The minimum atomic E-state index is 0.412. The molecule has 0 saturated heterocycles. The Hall–Kier alpha value is -1.91. The lowest BCUT2D eigenvalue weighted by molar-refractivity contribution is 0.216. The molecule has 0 radical (unpaired) electrons.